The Bertz CT molecular complexity index is 315. The SMILES string of the molecule is C[C@@H]1CNC[C@H]1C(=O)N(CC(=O)O)CC(=O)O. The Hall–Kier alpha value is -1.63. The summed E-state index contributed by atoms with van der Waals surface area (Å²) in [4.78, 5) is 34.0. The molecule has 1 rings (SSSR count). The van der Waals surface area contributed by atoms with Crippen molar-refractivity contribution in [2.24, 2.45) is 11.8 Å². The van der Waals surface area contributed by atoms with Gasteiger partial charge in [-0.1, -0.05) is 6.92 Å². The Morgan fingerprint density at radius 1 is 1.18 bits per heavy atom. The number of carboxylic acids is 2. The molecule has 96 valence electrons. The number of amides is 1. The van der Waals surface area contributed by atoms with Crippen molar-refractivity contribution in [3.05, 3.63) is 0 Å². The van der Waals surface area contributed by atoms with E-state index in [1.807, 2.05) is 6.92 Å². The number of hydrogen-bond donors (Lipinski definition) is 3. The van der Waals surface area contributed by atoms with E-state index in [9.17, 15) is 14.4 Å². The first-order valence-electron chi connectivity index (χ1n) is 5.35. The molecule has 0 unspecified atom stereocenters. The lowest BCUT2D eigenvalue weighted by molar-refractivity contribution is -0.151. The number of nitrogens with one attached hydrogen (secondary N) is 1. The van der Waals surface area contributed by atoms with E-state index in [0.29, 0.717) is 13.1 Å². The molecule has 1 aliphatic heterocycles. The lowest BCUT2D eigenvalue weighted by Gasteiger charge is -2.23. The van der Waals surface area contributed by atoms with Crippen molar-refractivity contribution in [1.82, 2.24) is 10.2 Å². The molecule has 3 N–H and O–H groups in total. The van der Waals surface area contributed by atoms with Crippen LogP contribution in [0.4, 0.5) is 0 Å². The molecule has 1 aliphatic rings. The summed E-state index contributed by atoms with van der Waals surface area (Å²) < 4.78 is 0. The van der Waals surface area contributed by atoms with E-state index in [-0.39, 0.29) is 11.8 Å². The van der Waals surface area contributed by atoms with Crippen LogP contribution in [0.1, 0.15) is 6.92 Å². The minimum absolute atomic E-state index is 0.0904. The molecular formula is C10H16N2O5. The van der Waals surface area contributed by atoms with E-state index in [1.54, 1.807) is 0 Å². The van der Waals surface area contributed by atoms with Gasteiger partial charge in [0, 0.05) is 6.54 Å². The number of hydrogen-bond acceptors (Lipinski definition) is 4. The lowest BCUT2D eigenvalue weighted by Crippen LogP contribution is -2.44. The summed E-state index contributed by atoms with van der Waals surface area (Å²) >= 11 is 0. The molecule has 1 heterocycles. The first-order valence-corrected chi connectivity index (χ1v) is 5.35. The minimum Gasteiger partial charge on any atom is -0.480 e. The molecule has 0 aromatic heterocycles. The van der Waals surface area contributed by atoms with Gasteiger partial charge in [0.1, 0.15) is 13.1 Å². The van der Waals surface area contributed by atoms with Crippen LogP contribution in [0, 0.1) is 11.8 Å². The lowest BCUT2D eigenvalue weighted by atomic mass is 9.96. The number of aliphatic carboxylic acids is 2. The molecule has 7 nitrogen and oxygen atoms in total. The predicted octanol–water partition coefficient (Wildman–Crippen LogP) is -1.16. The second-order valence-electron chi connectivity index (χ2n) is 4.22. The summed E-state index contributed by atoms with van der Waals surface area (Å²) in [6.07, 6.45) is 0. The normalized spacial score (nSPS) is 23.4. The molecular weight excluding hydrogens is 228 g/mol. The fraction of sp³-hybridized carbons (Fsp3) is 0.700. The summed E-state index contributed by atoms with van der Waals surface area (Å²) in [6.45, 7) is 1.88. The van der Waals surface area contributed by atoms with Gasteiger partial charge in [-0.25, -0.2) is 0 Å². The average molecular weight is 244 g/mol. The Morgan fingerprint density at radius 3 is 2.06 bits per heavy atom. The van der Waals surface area contributed by atoms with Crippen LogP contribution >= 0.6 is 0 Å². The van der Waals surface area contributed by atoms with E-state index in [4.69, 9.17) is 10.2 Å². The molecule has 0 bridgehead atoms. The number of nitrogens with zero attached hydrogens (tertiary/aromatic N) is 1. The molecule has 0 spiro atoms. The largest absolute Gasteiger partial charge is 0.480 e. The maximum absolute atomic E-state index is 12.0. The first-order chi connectivity index (χ1) is 7.91. The van der Waals surface area contributed by atoms with Crippen molar-refractivity contribution in [2.75, 3.05) is 26.2 Å². The Morgan fingerprint density at radius 2 is 1.71 bits per heavy atom. The number of carbonyl (C=O) groups excluding carboxylic acids is 1. The van der Waals surface area contributed by atoms with Gasteiger partial charge < -0.3 is 20.4 Å². The highest BCUT2D eigenvalue weighted by Gasteiger charge is 2.34. The second kappa shape index (κ2) is 5.62. The van der Waals surface area contributed by atoms with Crippen LogP contribution in [0.25, 0.3) is 0 Å². The van der Waals surface area contributed by atoms with E-state index in [0.717, 1.165) is 4.90 Å². The highest BCUT2D eigenvalue weighted by molar-refractivity contribution is 5.87. The van der Waals surface area contributed by atoms with Crippen LogP contribution in [0.3, 0.4) is 0 Å². The van der Waals surface area contributed by atoms with Crippen LogP contribution in [0.5, 0.6) is 0 Å². The molecule has 0 aromatic rings. The fourth-order valence-electron chi connectivity index (χ4n) is 1.91. The summed E-state index contributed by atoms with van der Waals surface area (Å²) in [5.74, 6) is -3.08. The zero-order valence-corrected chi connectivity index (χ0v) is 9.55. The molecule has 0 aromatic carbocycles. The third-order valence-corrected chi connectivity index (χ3v) is 2.80. The van der Waals surface area contributed by atoms with E-state index in [1.165, 1.54) is 0 Å². The second-order valence-corrected chi connectivity index (χ2v) is 4.22. The molecule has 0 aliphatic carbocycles. The molecule has 17 heavy (non-hydrogen) atoms. The summed E-state index contributed by atoms with van der Waals surface area (Å²) in [5.41, 5.74) is 0. The van der Waals surface area contributed by atoms with Crippen LogP contribution in [-0.4, -0.2) is 59.1 Å². The molecule has 1 saturated heterocycles. The van der Waals surface area contributed by atoms with Crippen LogP contribution < -0.4 is 5.32 Å². The maximum Gasteiger partial charge on any atom is 0.323 e. The monoisotopic (exact) mass is 244 g/mol. The van der Waals surface area contributed by atoms with Crippen LogP contribution in [0.2, 0.25) is 0 Å². The number of rotatable bonds is 5. The van der Waals surface area contributed by atoms with Gasteiger partial charge in [0.2, 0.25) is 5.91 Å². The maximum atomic E-state index is 12.0. The van der Waals surface area contributed by atoms with Crippen molar-refractivity contribution < 1.29 is 24.6 Å². The topological polar surface area (TPSA) is 107 Å². The van der Waals surface area contributed by atoms with Crippen molar-refractivity contribution >= 4 is 17.8 Å². The van der Waals surface area contributed by atoms with Crippen LogP contribution in [0.15, 0.2) is 0 Å². The van der Waals surface area contributed by atoms with E-state index in [2.05, 4.69) is 5.32 Å². The molecule has 0 saturated carbocycles. The number of carboxylic acid groups (broad SMARTS) is 2. The van der Waals surface area contributed by atoms with Gasteiger partial charge in [0.25, 0.3) is 0 Å². The standard InChI is InChI=1S/C10H16N2O5/c1-6-2-11-3-7(6)10(17)12(4-8(13)14)5-9(15)16/h6-7,11H,2-5H2,1H3,(H,13,14)(H,15,16)/t6-,7-/m1/s1. The third-order valence-electron chi connectivity index (χ3n) is 2.80. The zero-order chi connectivity index (χ0) is 13.0. The molecule has 2 atom stereocenters. The minimum atomic E-state index is -1.21. The third kappa shape index (κ3) is 3.70. The molecule has 1 amide bonds. The van der Waals surface area contributed by atoms with Gasteiger partial charge in [-0.3, -0.25) is 14.4 Å². The Balaban J connectivity index is 2.70. The van der Waals surface area contributed by atoms with Crippen molar-refractivity contribution in [3.8, 4) is 0 Å². The molecule has 7 heteroatoms. The summed E-state index contributed by atoms with van der Waals surface area (Å²) in [5, 5.41) is 20.3. The Kier molecular flexibility index (Phi) is 4.45. The molecule has 0 radical (unpaired) electrons. The van der Waals surface area contributed by atoms with Gasteiger partial charge in [-0.05, 0) is 12.5 Å². The van der Waals surface area contributed by atoms with Gasteiger partial charge >= 0.3 is 11.9 Å². The number of carbonyl (C=O) groups is 3. The van der Waals surface area contributed by atoms with Gasteiger partial charge in [0.15, 0.2) is 0 Å². The first kappa shape index (κ1) is 13.4. The summed E-state index contributed by atoms with van der Waals surface area (Å²) in [7, 11) is 0. The van der Waals surface area contributed by atoms with Crippen molar-refractivity contribution in [3.63, 3.8) is 0 Å². The van der Waals surface area contributed by atoms with Crippen molar-refractivity contribution in [1.29, 1.82) is 0 Å². The quantitative estimate of drug-likeness (QED) is 0.563. The highest BCUT2D eigenvalue weighted by atomic mass is 16.4. The average Bonchev–Trinajstić information content (AvgIpc) is 2.61. The van der Waals surface area contributed by atoms with Gasteiger partial charge in [0.05, 0.1) is 5.92 Å². The fourth-order valence-corrected chi connectivity index (χ4v) is 1.91. The summed E-state index contributed by atoms with van der Waals surface area (Å²) in [6, 6.07) is 0. The van der Waals surface area contributed by atoms with Gasteiger partial charge in [-0.15, -0.1) is 0 Å². The zero-order valence-electron chi connectivity index (χ0n) is 9.55. The Labute approximate surface area is 98.4 Å². The van der Waals surface area contributed by atoms with Gasteiger partial charge in [-0.2, -0.15) is 0 Å². The predicted molar refractivity (Wildman–Crippen MR) is 57.4 cm³/mol. The van der Waals surface area contributed by atoms with E-state index >= 15 is 0 Å². The molecule has 1 fully saturated rings. The smallest absolute Gasteiger partial charge is 0.323 e. The van der Waals surface area contributed by atoms with Crippen molar-refractivity contribution in [2.45, 2.75) is 6.92 Å². The van der Waals surface area contributed by atoms with E-state index < -0.39 is 30.9 Å². The highest BCUT2D eigenvalue weighted by Crippen LogP contribution is 2.18. The van der Waals surface area contributed by atoms with Crippen LogP contribution in [-0.2, 0) is 14.4 Å².